The Kier molecular flexibility index (Phi) is 7.87. The predicted octanol–water partition coefficient (Wildman–Crippen LogP) is 3.95. The van der Waals surface area contributed by atoms with Gasteiger partial charge in [-0.15, -0.1) is 0 Å². The van der Waals surface area contributed by atoms with Crippen LogP contribution in [0.25, 0.3) is 0 Å². The summed E-state index contributed by atoms with van der Waals surface area (Å²) in [5.74, 6) is 0.769. The van der Waals surface area contributed by atoms with E-state index in [2.05, 4.69) is 22.3 Å². The van der Waals surface area contributed by atoms with Crippen LogP contribution in [0.5, 0.6) is 11.5 Å². The van der Waals surface area contributed by atoms with Crippen molar-refractivity contribution in [3.05, 3.63) is 59.9 Å². The fourth-order valence-electron chi connectivity index (χ4n) is 3.63. The van der Waals surface area contributed by atoms with Crippen molar-refractivity contribution in [1.82, 2.24) is 10.2 Å². The molecule has 156 valence electrons. The van der Waals surface area contributed by atoms with E-state index in [4.69, 9.17) is 9.47 Å². The number of ether oxygens (including phenoxy) is 2. The summed E-state index contributed by atoms with van der Waals surface area (Å²) in [4.78, 5) is 14.8. The zero-order valence-corrected chi connectivity index (χ0v) is 16.9. The third-order valence-corrected chi connectivity index (χ3v) is 5.26. The quantitative estimate of drug-likeness (QED) is 0.729. The molecule has 0 bridgehead atoms. The number of benzene rings is 2. The molecule has 29 heavy (non-hydrogen) atoms. The summed E-state index contributed by atoms with van der Waals surface area (Å²) in [6.45, 7) is 2.47. The number of halogens is 1. The van der Waals surface area contributed by atoms with E-state index in [1.54, 1.807) is 7.11 Å². The molecule has 5 nitrogen and oxygen atoms in total. The average Bonchev–Trinajstić information content (AvgIpc) is 3.03. The first-order valence-electron chi connectivity index (χ1n) is 10.2. The van der Waals surface area contributed by atoms with Gasteiger partial charge in [-0.05, 0) is 67.9 Å². The lowest BCUT2D eigenvalue weighted by Crippen LogP contribution is -2.40. The molecule has 1 aliphatic heterocycles. The Morgan fingerprint density at radius 2 is 1.62 bits per heavy atom. The molecule has 1 amide bonds. The van der Waals surface area contributed by atoms with Gasteiger partial charge in [-0.25, -0.2) is 4.39 Å². The number of likely N-dealkylation sites (tertiary alicyclic amines) is 1. The van der Waals surface area contributed by atoms with E-state index >= 15 is 0 Å². The third-order valence-electron chi connectivity index (χ3n) is 5.26. The van der Waals surface area contributed by atoms with Crippen molar-refractivity contribution in [3.8, 4) is 11.5 Å². The van der Waals surface area contributed by atoms with Crippen molar-refractivity contribution < 1.29 is 18.7 Å². The number of nitrogens with zero attached hydrogens (tertiary/aromatic N) is 1. The largest absolute Gasteiger partial charge is 0.497 e. The van der Waals surface area contributed by atoms with Gasteiger partial charge in [-0.2, -0.15) is 0 Å². The average molecular weight is 400 g/mol. The van der Waals surface area contributed by atoms with E-state index in [9.17, 15) is 9.18 Å². The van der Waals surface area contributed by atoms with Crippen molar-refractivity contribution >= 4 is 5.91 Å². The van der Waals surface area contributed by atoms with Gasteiger partial charge in [0, 0.05) is 6.54 Å². The fraction of sp³-hybridized carbons (Fsp3) is 0.435. The van der Waals surface area contributed by atoms with Crippen LogP contribution in [0, 0.1) is 5.82 Å². The molecule has 2 aromatic rings. The zero-order valence-electron chi connectivity index (χ0n) is 16.9. The highest BCUT2D eigenvalue weighted by molar-refractivity contribution is 5.77. The van der Waals surface area contributed by atoms with E-state index in [0.29, 0.717) is 12.3 Å². The van der Waals surface area contributed by atoms with Crippen LogP contribution in [0.1, 0.15) is 37.3 Å². The Morgan fingerprint density at radius 3 is 2.24 bits per heavy atom. The van der Waals surface area contributed by atoms with Crippen LogP contribution < -0.4 is 14.8 Å². The van der Waals surface area contributed by atoms with Crippen molar-refractivity contribution in [2.75, 3.05) is 33.4 Å². The molecule has 1 aliphatic rings. The fourth-order valence-corrected chi connectivity index (χ4v) is 3.63. The lowest BCUT2D eigenvalue weighted by Gasteiger charge is -2.31. The minimum atomic E-state index is -0.332. The molecule has 3 rings (SSSR count). The van der Waals surface area contributed by atoms with Crippen LogP contribution in [-0.4, -0.2) is 44.2 Å². The van der Waals surface area contributed by atoms with Gasteiger partial charge < -0.3 is 14.8 Å². The molecule has 1 saturated heterocycles. The van der Waals surface area contributed by atoms with Gasteiger partial charge in [0.25, 0.3) is 5.91 Å². The van der Waals surface area contributed by atoms with E-state index in [-0.39, 0.29) is 24.4 Å². The topological polar surface area (TPSA) is 50.8 Å². The van der Waals surface area contributed by atoms with Crippen molar-refractivity contribution in [2.45, 2.75) is 31.7 Å². The highest BCUT2D eigenvalue weighted by atomic mass is 19.1. The maximum atomic E-state index is 13.0. The monoisotopic (exact) mass is 400 g/mol. The normalized spacial score (nSPS) is 15.9. The van der Waals surface area contributed by atoms with Gasteiger partial charge in [0.15, 0.2) is 6.61 Å². The predicted molar refractivity (Wildman–Crippen MR) is 111 cm³/mol. The lowest BCUT2D eigenvalue weighted by atomic mass is 10.0. The maximum absolute atomic E-state index is 13.0. The number of carbonyl (C=O) groups excluding carboxylic acids is 1. The summed E-state index contributed by atoms with van der Waals surface area (Å²) in [6.07, 6.45) is 4.86. The first kappa shape index (κ1) is 21.1. The van der Waals surface area contributed by atoms with Gasteiger partial charge in [-0.3, -0.25) is 9.69 Å². The third kappa shape index (κ3) is 6.46. The number of methoxy groups -OCH3 is 1. The van der Waals surface area contributed by atoms with Gasteiger partial charge in [0.1, 0.15) is 17.3 Å². The van der Waals surface area contributed by atoms with E-state index in [0.717, 1.165) is 24.4 Å². The molecule has 0 unspecified atom stereocenters. The Balaban J connectivity index is 1.60. The second-order valence-corrected chi connectivity index (χ2v) is 7.29. The SMILES string of the molecule is COc1ccc([C@@H](CNC(=O)COc2ccc(F)cc2)N2CCCCCC2)cc1. The number of carbonyl (C=O) groups is 1. The van der Waals surface area contributed by atoms with Crippen LogP contribution in [0.2, 0.25) is 0 Å². The Hall–Kier alpha value is -2.60. The molecule has 0 saturated carbocycles. The summed E-state index contributed by atoms with van der Waals surface area (Å²) in [5.41, 5.74) is 1.16. The minimum absolute atomic E-state index is 0.0963. The molecule has 0 radical (unpaired) electrons. The molecule has 1 fully saturated rings. The standard InChI is InChI=1S/C23H29FN2O3/c1-28-20-10-6-18(7-11-20)22(26-14-4-2-3-5-15-26)16-25-23(27)17-29-21-12-8-19(24)9-13-21/h6-13,22H,2-5,14-17H2,1H3,(H,25,27)/t22-/m1/s1. The van der Waals surface area contributed by atoms with Crippen molar-refractivity contribution in [2.24, 2.45) is 0 Å². The van der Waals surface area contributed by atoms with Crippen LogP contribution in [-0.2, 0) is 4.79 Å². The zero-order chi connectivity index (χ0) is 20.5. The summed E-state index contributed by atoms with van der Waals surface area (Å²) in [5, 5.41) is 3.00. The van der Waals surface area contributed by atoms with Crippen molar-refractivity contribution in [1.29, 1.82) is 0 Å². The summed E-state index contributed by atoms with van der Waals surface area (Å²) < 4.78 is 23.7. The molecule has 1 N–H and O–H groups in total. The summed E-state index contributed by atoms with van der Waals surface area (Å²) in [7, 11) is 1.66. The molecule has 1 atom stereocenters. The lowest BCUT2D eigenvalue weighted by molar-refractivity contribution is -0.123. The first-order valence-corrected chi connectivity index (χ1v) is 10.2. The van der Waals surface area contributed by atoms with Crippen LogP contribution in [0.3, 0.4) is 0 Å². The maximum Gasteiger partial charge on any atom is 0.258 e. The minimum Gasteiger partial charge on any atom is -0.497 e. The van der Waals surface area contributed by atoms with E-state index in [1.165, 1.54) is 49.9 Å². The van der Waals surface area contributed by atoms with Crippen molar-refractivity contribution in [3.63, 3.8) is 0 Å². The molecule has 6 heteroatoms. The molecule has 2 aromatic carbocycles. The first-order chi connectivity index (χ1) is 14.2. The van der Waals surface area contributed by atoms with E-state index < -0.39 is 0 Å². The van der Waals surface area contributed by atoms with Gasteiger partial charge in [0.05, 0.1) is 13.2 Å². The Morgan fingerprint density at radius 1 is 1.00 bits per heavy atom. The second kappa shape index (κ2) is 10.8. The Labute approximate surface area is 171 Å². The molecule has 1 heterocycles. The summed E-state index contributed by atoms with van der Waals surface area (Å²) in [6, 6.07) is 13.8. The van der Waals surface area contributed by atoms with Gasteiger partial charge >= 0.3 is 0 Å². The number of amides is 1. The van der Waals surface area contributed by atoms with Crippen LogP contribution in [0.4, 0.5) is 4.39 Å². The van der Waals surface area contributed by atoms with Crippen LogP contribution in [0.15, 0.2) is 48.5 Å². The van der Waals surface area contributed by atoms with Gasteiger partial charge in [0.2, 0.25) is 0 Å². The molecule has 0 aromatic heterocycles. The number of hydrogen-bond acceptors (Lipinski definition) is 4. The number of rotatable bonds is 8. The second-order valence-electron chi connectivity index (χ2n) is 7.29. The summed E-state index contributed by atoms with van der Waals surface area (Å²) >= 11 is 0. The molecular weight excluding hydrogens is 371 g/mol. The highest BCUT2D eigenvalue weighted by Crippen LogP contribution is 2.25. The van der Waals surface area contributed by atoms with Crippen LogP contribution >= 0.6 is 0 Å². The molecular formula is C23H29FN2O3. The number of nitrogens with one attached hydrogen (secondary N) is 1. The van der Waals surface area contributed by atoms with Gasteiger partial charge in [-0.1, -0.05) is 25.0 Å². The smallest absolute Gasteiger partial charge is 0.258 e. The molecule has 0 aliphatic carbocycles. The van der Waals surface area contributed by atoms with E-state index in [1.807, 2.05) is 12.1 Å². The Bertz CT molecular complexity index is 757. The highest BCUT2D eigenvalue weighted by Gasteiger charge is 2.22. The number of hydrogen-bond donors (Lipinski definition) is 1. The molecule has 0 spiro atoms.